The van der Waals surface area contributed by atoms with Crippen molar-refractivity contribution in [1.29, 1.82) is 0 Å². The SMILES string of the molecule is COc1ccc(C2(C(=O)Nc3ccc(OCC(=O)N4CCCCC4)cc3)CCOCC2)cc1. The van der Waals surface area contributed by atoms with Crippen molar-refractivity contribution in [2.75, 3.05) is 45.3 Å². The van der Waals surface area contributed by atoms with Gasteiger partial charge in [0.1, 0.15) is 11.5 Å². The van der Waals surface area contributed by atoms with Crippen LogP contribution in [0.25, 0.3) is 0 Å². The largest absolute Gasteiger partial charge is 0.497 e. The van der Waals surface area contributed by atoms with Gasteiger partial charge in [0.15, 0.2) is 6.61 Å². The summed E-state index contributed by atoms with van der Waals surface area (Å²) < 4.78 is 16.5. The molecule has 0 spiro atoms. The van der Waals surface area contributed by atoms with Gasteiger partial charge in [-0.1, -0.05) is 12.1 Å². The molecule has 4 rings (SSSR count). The van der Waals surface area contributed by atoms with E-state index in [4.69, 9.17) is 14.2 Å². The highest BCUT2D eigenvalue weighted by molar-refractivity contribution is 5.99. The summed E-state index contributed by atoms with van der Waals surface area (Å²) in [5, 5.41) is 3.07. The molecular formula is C26H32N2O5. The molecule has 176 valence electrons. The lowest BCUT2D eigenvalue weighted by Gasteiger charge is -2.36. The number of anilines is 1. The number of nitrogens with one attached hydrogen (secondary N) is 1. The van der Waals surface area contributed by atoms with Crippen LogP contribution in [0.1, 0.15) is 37.7 Å². The Bertz CT molecular complexity index is 930. The first-order valence-corrected chi connectivity index (χ1v) is 11.7. The molecule has 0 unspecified atom stereocenters. The molecule has 0 bridgehead atoms. The lowest BCUT2D eigenvalue weighted by molar-refractivity contribution is -0.134. The summed E-state index contributed by atoms with van der Waals surface area (Å²) in [5.41, 5.74) is 0.995. The number of amides is 2. The molecule has 0 radical (unpaired) electrons. The van der Waals surface area contributed by atoms with Gasteiger partial charge in [0.2, 0.25) is 5.91 Å². The normalized spacial score (nSPS) is 17.8. The smallest absolute Gasteiger partial charge is 0.260 e. The fraction of sp³-hybridized carbons (Fsp3) is 0.462. The predicted molar refractivity (Wildman–Crippen MR) is 126 cm³/mol. The zero-order chi connectivity index (χ0) is 23.1. The van der Waals surface area contributed by atoms with E-state index >= 15 is 0 Å². The van der Waals surface area contributed by atoms with E-state index in [9.17, 15) is 9.59 Å². The first-order chi connectivity index (χ1) is 16.1. The Labute approximate surface area is 195 Å². The average Bonchev–Trinajstić information content (AvgIpc) is 2.89. The maximum absolute atomic E-state index is 13.4. The van der Waals surface area contributed by atoms with E-state index in [1.165, 1.54) is 6.42 Å². The molecule has 7 nitrogen and oxygen atoms in total. The van der Waals surface area contributed by atoms with Crippen molar-refractivity contribution >= 4 is 17.5 Å². The Balaban J connectivity index is 1.39. The highest BCUT2D eigenvalue weighted by Crippen LogP contribution is 2.37. The molecule has 2 saturated heterocycles. The fourth-order valence-corrected chi connectivity index (χ4v) is 4.54. The third kappa shape index (κ3) is 5.47. The number of likely N-dealkylation sites (tertiary alicyclic amines) is 1. The molecule has 2 heterocycles. The standard InChI is InChI=1S/C26H32N2O5/c1-31-22-9-5-20(6-10-22)26(13-17-32-18-14-26)25(30)27-21-7-11-23(12-8-21)33-19-24(29)28-15-3-2-4-16-28/h5-12H,2-4,13-19H2,1H3,(H,27,30). The minimum atomic E-state index is -0.652. The average molecular weight is 453 g/mol. The molecule has 2 fully saturated rings. The van der Waals surface area contributed by atoms with Gasteiger partial charge in [0, 0.05) is 32.0 Å². The summed E-state index contributed by atoms with van der Waals surface area (Å²) in [5.74, 6) is 1.34. The molecule has 0 saturated carbocycles. The van der Waals surface area contributed by atoms with Crippen LogP contribution in [-0.4, -0.2) is 56.7 Å². The van der Waals surface area contributed by atoms with Crippen LogP contribution in [0.3, 0.4) is 0 Å². The monoisotopic (exact) mass is 452 g/mol. The van der Waals surface area contributed by atoms with Crippen LogP contribution in [0.2, 0.25) is 0 Å². The van der Waals surface area contributed by atoms with Crippen molar-refractivity contribution in [1.82, 2.24) is 4.90 Å². The number of rotatable bonds is 7. The highest BCUT2D eigenvalue weighted by atomic mass is 16.5. The van der Waals surface area contributed by atoms with Crippen LogP contribution >= 0.6 is 0 Å². The van der Waals surface area contributed by atoms with Gasteiger partial charge in [-0.3, -0.25) is 9.59 Å². The molecule has 2 amide bonds. The lowest BCUT2D eigenvalue weighted by Crippen LogP contribution is -2.44. The summed E-state index contributed by atoms with van der Waals surface area (Å²) >= 11 is 0. The molecule has 2 aromatic carbocycles. The van der Waals surface area contributed by atoms with Crippen LogP contribution in [-0.2, 0) is 19.7 Å². The molecule has 0 atom stereocenters. The Morgan fingerprint density at radius 3 is 2.21 bits per heavy atom. The zero-order valence-electron chi connectivity index (χ0n) is 19.2. The van der Waals surface area contributed by atoms with Crippen molar-refractivity contribution in [3.63, 3.8) is 0 Å². The van der Waals surface area contributed by atoms with E-state index < -0.39 is 5.41 Å². The summed E-state index contributed by atoms with van der Waals surface area (Å²) in [4.78, 5) is 27.6. The van der Waals surface area contributed by atoms with Gasteiger partial charge >= 0.3 is 0 Å². The summed E-state index contributed by atoms with van der Waals surface area (Å²) in [6.45, 7) is 2.74. The number of hydrogen-bond acceptors (Lipinski definition) is 5. The van der Waals surface area contributed by atoms with Gasteiger partial charge in [0.05, 0.1) is 12.5 Å². The number of nitrogens with zero attached hydrogens (tertiary/aromatic N) is 1. The van der Waals surface area contributed by atoms with Crippen LogP contribution in [0, 0.1) is 0 Å². The molecule has 33 heavy (non-hydrogen) atoms. The second kappa shape index (κ2) is 10.7. The van der Waals surface area contributed by atoms with Gasteiger partial charge < -0.3 is 24.4 Å². The van der Waals surface area contributed by atoms with Gasteiger partial charge in [-0.2, -0.15) is 0 Å². The number of ether oxygens (including phenoxy) is 3. The summed E-state index contributed by atoms with van der Waals surface area (Å²) in [6.07, 6.45) is 4.54. The number of carbonyl (C=O) groups excluding carboxylic acids is 2. The topological polar surface area (TPSA) is 77.1 Å². The number of methoxy groups -OCH3 is 1. The first-order valence-electron chi connectivity index (χ1n) is 11.7. The first kappa shape index (κ1) is 23.1. The summed E-state index contributed by atoms with van der Waals surface area (Å²) in [7, 11) is 1.63. The maximum Gasteiger partial charge on any atom is 0.260 e. The summed E-state index contributed by atoms with van der Waals surface area (Å²) in [6, 6.07) is 14.9. The Morgan fingerprint density at radius 2 is 1.58 bits per heavy atom. The molecule has 0 aliphatic carbocycles. The second-order valence-corrected chi connectivity index (χ2v) is 8.63. The van der Waals surface area contributed by atoms with E-state index in [0.717, 1.165) is 37.2 Å². The third-order valence-corrected chi connectivity index (χ3v) is 6.61. The highest BCUT2D eigenvalue weighted by Gasteiger charge is 2.41. The minimum Gasteiger partial charge on any atom is -0.497 e. The zero-order valence-corrected chi connectivity index (χ0v) is 19.2. The van der Waals surface area contributed by atoms with E-state index in [0.29, 0.717) is 37.5 Å². The van der Waals surface area contributed by atoms with Crippen molar-refractivity contribution < 1.29 is 23.8 Å². The quantitative estimate of drug-likeness (QED) is 0.692. The number of hydrogen-bond donors (Lipinski definition) is 1. The molecule has 7 heteroatoms. The predicted octanol–water partition coefficient (Wildman–Crippen LogP) is 3.77. The van der Waals surface area contributed by atoms with Gasteiger partial charge in [0.25, 0.3) is 5.91 Å². The Kier molecular flexibility index (Phi) is 7.50. The fourth-order valence-electron chi connectivity index (χ4n) is 4.54. The molecule has 2 aromatic rings. The van der Waals surface area contributed by atoms with Crippen molar-refractivity contribution in [2.45, 2.75) is 37.5 Å². The maximum atomic E-state index is 13.4. The van der Waals surface area contributed by atoms with Crippen molar-refractivity contribution in [2.24, 2.45) is 0 Å². The van der Waals surface area contributed by atoms with Crippen molar-refractivity contribution in [3.8, 4) is 11.5 Å². The van der Waals surface area contributed by atoms with Gasteiger partial charge in [-0.05, 0) is 74.1 Å². The third-order valence-electron chi connectivity index (χ3n) is 6.61. The van der Waals surface area contributed by atoms with Crippen LogP contribution in [0.4, 0.5) is 5.69 Å². The van der Waals surface area contributed by atoms with Crippen LogP contribution in [0.15, 0.2) is 48.5 Å². The Morgan fingerprint density at radius 1 is 0.939 bits per heavy atom. The number of benzene rings is 2. The lowest BCUT2D eigenvalue weighted by atomic mass is 9.73. The molecule has 2 aliphatic rings. The van der Waals surface area contributed by atoms with Crippen molar-refractivity contribution in [3.05, 3.63) is 54.1 Å². The van der Waals surface area contributed by atoms with Gasteiger partial charge in [-0.25, -0.2) is 0 Å². The Hall–Kier alpha value is -3.06. The molecule has 2 aliphatic heterocycles. The number of carbonyl (C=O) groups is 2. The number of piperidine rings is 1. The molecule has 0 aromatic heterocycles. The van der Waals surface area contributed by atoms with Crippen LogP contribution in [0.5, 0.6) is 11.5 Å². The van der Waals surface area contributed by atoms with Crippen LogP contribution < -0.4 is 14.8 Å². The molecular weight excluding hydrogens is 420 g/mol. The van der Waals surface area contributed by atoms with E-state index in [-0.39, 0.29) is 18.4 Å². The van der Waals surface area contributed by atoms with Gasteiger partial charge in [-0.15, -0.1) is 0 Å². The molecule has 1 N–H and O–H groups in total. The second-order valence-electron chi connectivity index (χ2n) is 8.63. The van der Waals surface area contributed by atoms with E-state index in [2.05, 4.69) is 5.32 Å². The van der Waals surface area contributed by atoms with E-state index in [1.54, 1.807) is 31.4 Å². The minimum absolute atomic E-state index is 0.0213. The van der Waals surface area contributed by atoms with E-state index in [1.807, 2.05) is 29.2 Å².